The van der Waals surface area contributed by atoms with Crippen molar-refractivity contribution in [1.82, 2.24) is 20.0 Å². The monoisotopic (exact) mass is 280 g/mol. The molecule has 0 aliphatic carbocycles. The molecule has 0 radical (unpaired) electrons. The third kappa shape index (κ3) is 3.07. The van der Waals surface area contributed by atoms with Crippen LogP contribution in [0.15, 0.2) is 12.4 Å². The molecular weight excluding hydrogens is 248 g/mol. The Labute approximate surface area is 124 Å². The molecule has 1 N–H and O–H groups in total. The predicted molar refractivity (Wildman–Crippen MR) is 85.9 cm³/mol. The van der Waals surface area contributed by atoms with E-state index in [-0.39, 0.29) is 5.54 Å². The average Bonchev–Trinajstić information content (AvgIpc) is 2.96. The second-order valence-electron chi connectivity index (χ2n) is 5.33. The van der Waals surface area contributed by atoms with Crippen molar-refractivity contribution in [1.29, 1.82) is 0 Å². The summed E-state index contributed by atoms with van der Waals surface area (Å²) in [7, 11) is 2.07. The van der Waals surface area contributed by atoms with Crippen molar-refractivity contribution in [2.45, 2.75) is 65.6 Å². The summed E-state index contributed by atoms with van der Waals surface area (Å²) >= 11 is 0. The zero-order valence-corrected chi connectivity index (χ0v) is 14.1. The second kappa shape index (κ2) is 7.79. The summed E-state index contributed by atoms with van der Waals surface area (Å²) in [6.45, 7) is 14.3. The molecule has 1 unspecified atom stereocenters. The maximum Gasteiger partial charge on any atom is 0.0538 e. The Morgan fingerprint density at radius 2 is 1.80 bits per heavy atom. The Balaban J connectivity index is 3.20. The van der Waals surface area contributed by atoms with Gasteiger partial charge in [-0.25, -0.2) is 0 Å². The van der Waals surface area contributed by atoms with Gasteiger partial charge in [0, 0.05) is 23.8 Å². The van der Waals surface area contributed by atoms with Crippen molar-refractivity contribution in [2.75, 3.05) is 20.1 Å². The summed E-state index contributed by atoms with van der Waals surface area (Å²) in [5.41, 5.74) is 1.45. The van der Waals surface area contributed by atoms with Crippen LogP contribution in [0, 0.1) is 0 Å². The molecule has 0 saturated heterocycles. The summed E-state index contributed by atoms with van der Waals surface area (Å²) in [5, 5.41) is 8.01. The number of likely N-dealkylation sites (N-methyl/N-ethyl adjacent to an activating group) is 2. The first-order valence-electron chi connectivity index (χ1n) is 8.07. The molecule has 1 heterocycles. The van der Waals surface area contributed by atoms with Crippen molar-refractivity contribution in [3.05, 3.63) is 18.0 Å². The standard InChI is InChI=1S/C16H32N4/c1-7-16(8-2,19(9-3)10-4)15(17-6)14-12-18-20(11-5)13-14/h12-13,15,17H,7-11H2,1-6H3. The number of aromatic nitrogens is 2. The highest BCUT2D eigenvalue weighted by molar-refractivity contribution is 5.18. The first kappa shape index (κ1) is 17.2. The summed E-state index contributed by atoms with van der Waals surface area (Å²) in [4.78, 5) is 2.59. The van der Waals surface area contributed by atoms with Gasteiger partial charge in [-0.3, -0.25) is 9.58 Å². The van der Waals surface area contributed by atoms with Gasteiger partial charge in [-0.2, -0.15) is 5.10 Å². The quantitative estimate of drug-likeness (QED) is 0.754. The van der Waals surface area contributed by atoms with E-state index in [4.69, 9.17) is 0 Å². The molecule has 116 valence electrons. The van der Waals surface area contributed by atoms with Crippen molar-refractivity contribution in [3.8, 4) is 0 Å². The van der Waals surface area contributed by atoms with E-state index in [1.165, 1.54) is 5.56 Å². The van der Waals surface area contributed by atoms with Crippen LogP contribution in [0.2, 0.25) is 0 Å². The summed E-state index contributed by atoms with van der Waals surface area (Å²) in [6.07, 6.45) is 6.47. The zero-order valence-electron chi connectivity index (χ0n) is 14.1. The molecule has 0 bridgehead atoms. The molecule has 0 amide bonds. The van der Waals surface area contributed by atoms with Crippen LogP contribution in [0.4, 0.5) is 0 Å². The van der Waals surface area contributed by atoms with E-state index in [0.29, 0.717) is 6.04 Å². The van der Waals surface area contributed by atoms with Gasteiger partial charge < -0.3 is 5.32 Å². The molecule has 0 fully saturated rings. The van der Waals surface area contributed by atoms with Crippen molar-refractivity contribution in [3.63, 3.8) is 0 Å². The minimum Gasteiger partial charge on any atom is -0.311 e. The Morgan fingerprint density at radius 1 is 1.20 bits per heavy atom. The topological polar surface area (TPSA) is 33.1 Å². The molecule has 0 spiro atoms. The summed E-state index contributed by atoms with van der Waals surface area (Å²) in [5.74, 6) is 0. The first-order valence-corrected chi connectivity index (χ1v) is 8.07. The molecule has 0 aliphatic heterocycles. The molecule has 4 nitrogen and oxygen atoms in total. The van der Waals surface area contributed by atoms with E-state index in [2.05, 4.69) is 63.2 Å². The lowest BCUT2D eigenvalue weighted by Gasteiger charge is -2.47. The number of hydrogen-bond acceptors (Lipinski definition) is 3. The fraction of sp³-hybridized carbons (Fsp3) is 0.812. The minimum atomic E-state index is 0.153. The molecule has 1 rings (SSSR count). The fourth-order valence-electron chi connectivity index (χ4n) is 3.59. The maximum atomic E-state index is 4.45. The lowest BCUT2D eigenvalue weighted by Crippen LogP contribution is -2.55. The number of rotatable bonds is 9. The van der Waals surface area contributed by atoms with Crippen LogP contribution < -0.4 is 5.32 Å². The van der Waals surface area contributed by atoms with Crippen LogP contribution in [0.3, 0.4) is 0 Å². The van der Waals surface area contributed by atoms with E-state index in [1.54, 1.807) is 0 Å². The van der Waals surface area contributed by atoms with Crippen molar-refractivity contribution in [2.24, 2.45) is 0 Å². The molecule has 0 aromatic carbocycles. The van der Waals surface area contributed by atoms with Crippen LogP contribution in [0.5, 0.6) is 0 Å². The third-order valence-corrected chi connectivity index (χ3v) is 4.75. The predicted octanol–water partition coefficient (Wildman–Crippen LogP) is 3.06. The van der Waals surface area contributed by atoms with E-state index in [9.17, 15) is 0 Å². The van der Waals surface area contributed by atoms with Gasteiger partial charge in [-0.15, -0.1) is 0 Å². The summed E-state index contributed by atoms with van der Waals surface area (Å²) < 4.78 is 2.01. The lowest BCUT2D eigenvalue weighted by molar-refractivity contribution is 0.0514. The molecule has 0 aliphatic rings. The van der Waals surface area contributed by atoms with Gasteiger partial charge in [0.15, 0.2) is 0 Å². The highest BCUT2D eigenvalue weighted by Gasteiger charge is 2.40. The first-order chi connectivity index (χ1) is 9.63. The normalized spacial score (nSPS) is 13.9. The maximum absolute atomic E-state index is 4.45. The van der Waals surface area contributed by atoms with Gasteiger partial charge in [0.2, 0.25) is 0 Å². The third-order valence-electron chi connectivity index (χ3n) is 4.75. The molecule has 0 saturated carbocycles. The molecule has 4 heteroatoms. The van der Waals surface area contributed by atoms with Crippen molar-refractivity contribution < 1.29 is 0 Å². The molecular formula is C16H32N4. The smallest absolute Gasteiger partial charge is 0.0538 e. The van der Waals surface area contributed by atoms with Crippen LogP contribution in [-0.2, 0) is 6.54 Å². The van der Waals surface area contributed by atoms with Crippen LogP contribution in [-0.4, -0.2) is 40.4 Å². The lowest BCUT2D eigenvalue weighted by atomic mass is 9.80. The van der Waals surface area contributed by atoms with E-state index >= 15 is 0 Å². The van der Waals surface area contributed by atoms with Gasteiger partial charge in [-0.1, -0.05) is 27.7 Å². The number of nitrogens with zero attached hydrogens (tertiary/aromatic N) is 3. The largest absolute Gasteiger partial charge is 0.311 e. The Hall–Kier alpha value is -0.870. The van der Waals surface area contributed by atoms with Crippen LogP contribution in [0.1, 0.15) is 59.1 Å². The van der Waals surface area contributed by atoms with Gasteiger partial charge in [0.05, 0.1) is 12.2 Å². The second-order valence-corrected chi connectivity index (χ2v) is 5.33. The Kier molecular flexibility index (Phi) is 6.69. The molecule has 1 aromatic rings. The van der Waals surface area contributed by atoms with Crippen molar-refractivity contribution >= 4 is 0 Å². The molecule has 1 aromatic heterocycles. The highest BCUT2D eigenvalue weighted by Crippen LogP contribution is 2.37. The highest BCUT2D eigenvalue weighted by atomic mass is 15.3. The minimum absolute atomic E-state index is 0.153. The molecule has 20 heavy (non-hydrogen) atoms. The summed E-state index contributed by atoms with van der Waals surface area (Å²) in [6, 6.07) is 0.317. The average molecular weight is 280 g/mol. The van der Waals surface area contributed by atoms with E-state index in [1.807, 2.05) is 10.9 Å². The fourth-order valence-corrected chi connectivity index (χ4v) is 3.59. The number of hydrogen-bond donors (Lipinski definition) is 1. The Bertz CT molecular complexity index is 378. The van der Waals surface area contributed by atoms with E-state index < -0.39 is 0 Å². The van der Waals surface area contributed by atoms with Gasteiger partial charge >= 0.3 is 0 Å². The van der Waals surface area contributed by atoms with Gasteiger partial charge in [0.1, 0.15) is 0 Å². The van der Waals surface area contributed by atoms with Crippen LogP contribution in [0.25, 0.3) is 0 Å². The SMILES string of the molecule is CCN(CC)C(CC)(CC)C(NC)c1cnn(CC)c1. The van der Waals surface area contributed by atoms with Gasteiger partial charge in [0.25, 0.3) is 0 Å². The number of aryl methyl sites for hydroxylation is 1. The van der Waals surface area contributed by atoms with Crippen LogP contribution >= 0.6 is 0 Å². The zero-order chi connectivity index (χ0) is 15.2. The molecule has 1 atom stereocenters. The Morgan fingerprint density at radius 3 is 2.15 bits per heavy atom. The number of nitrogens with one attached hydrogen (secondary N) is 1. The van der Waals surface area contributed by atoms with E-state index in [0.717, 1.165) is 32.5 Å². The van der Waals surface area contributed by atoms with Gasteiger partial charge in [-0.05, 0) is 39.9 Å².